The summed E-state index contributed by atoms with van der Waals surface area (Å²) in [5.41, 5.74) is 0. The number of nitrogens with one attached hydrogen (secondary N) is 1. The van der Waals surface area contributed by atoms with Crippen LogP contribution in [0.4, 0.5) is 4.79 Å². The molecule has 0 saturated heterocycles. The third kappa shape index (κ3) is 5.74. The van der Waals surface area contributed by atoms with Gasteiger partial charge in [-0.05, 0) is 6.42 Å². The Balaban J connectivity index is 4.12. The van der Waals surface area contributed by atoms with Gasteiger partial charge in [0.1, 0.15) is 6.04 Å². The first-order valence-corrected chi connectivity index (χ1v) is 5.23. The fraction of sp³-hybridized carbons (Fsp3) is 0.700. The predicted octanol–water partition coefficient (Wildman–Crippen LogP) is 0.0541. The lowest BCUT2D eigenvalue weighted by atomic mass is 10.2. The van der Waals surface area contributed by atoms with Crippen molar-refractivity contribution in [3.05, 3.63) is 0 Å². The Morgan fingerprint density at radius 3 is 2.41 bits per heavy atom. The summed E-state index contributed by atoms with van der Waals surface area (Å²) in [6, 6.07) is -1.44. The molecule has 17 heavy (non-hydrogen) atoms. The fourth-order valence-corrected chi connectivity index (χ4v) is 1.06. The Kier molecular flexibility index (Phi) is 6.69. The number of carboxylic acids is 1. The SMILES string of the molecule is CC[C@@H](NC(=O)N(C)CCC(=O)OC)C(=O)O. The number of carbonyl (C=O) groups is 3. The second-order valence-corrected chi connectivity index (χ2v) is 3.50. The van der Waals surface area contributed by atoms with Crippen molar-refractivity contribution < 1.29 is 24.2 Å². The highest BCUT2D eigenvalue weighted by Gasteiger charge is 2.19. The van der Waals surface area contributed by atoms with Gasteiger partial charge in [0, 0.05) is 13.6 Å². The Morgan fingerprint density at radius 2 is 2.00 bits per heavy atom. The van der Waals surface area contributed by atoms with Crippen LogP contribution < -0.4 is 5.32 Å². The normalized spacial score (nSPS) is 11.5. The van der Waals surface area contributed by atoms with E-state index in [1.807, 2.05) is 0 Å². The highest BCUT2D eigenvalue weighted by atomic mass is 16.5. The second kappa shape index (κ2) is 7.48. The molecule has 0 heterocycles. The summed E-state index contributed by atoms with van der Waals surface area (Å²) < 4.78 is 4.43. The van der Waals surface area contributed by atoms with Gasteiger partial charge in [0.15, 0.2) is 0 Å². The molecule has 2 amide bonds. The molecule has 0 bridgehead atoms. The molecule has 0 saturated carbocycles. The molecule has 0 aromatic rings. The van der Waals surface area contributed by atoms with E-state index >= 15 is 0 Å². The number of carboxylic acid groups (broad SMARTS) is 1. The van der Waals surface area contributed by atoms with E-state index in [0.717, 1.165) is 0 Å². The molecule has 0 unspecified atom stereocenters. The monoisotopic (exact) mass is 246 g/mol. The van der Waals surface area contributed by atoms with Crippen molar-refractivity contribution >= 4 is 18.0 Å². The third-order valence-corrected chi connectivity index (χ3v) is 2.23. The number of hydrogen-bond donors (Lipinski definition) is 2. The average molecular weight is 246 g/mol. The highest BCUT2D eigenvalue weighted by molar-refractivity contribution is 5.82. The van der Waals surface area contributed by atoms with E-state index in [-0.39, 0.29) is 13.0 Å². The standard InChI is InChI=1S/C10H18N2O5/c1-4-7(9(14)15)11-10(16)12(2)6-5-8(13)17-3/h7H,4-6H2,1-3H3,(H,11,16)(H,14,15)/t7-/m1/s1. The number of ether oxygens (including phenoxy) is 1. The minimum absolute atomic E-state index is 0.0737. The van der Waals surface area contributed by atoms with Crippen molar-refractivity contribution in [1.29, 1.82) is 0 Å². The molecule has 7 heteroatoms. The van der Waals surface area contributed by atoms with Gasteiger partial charge in [-0.2, -0.15) is 0 Å². The van der Waals surface area contributed by atoms with Crippen LogP contribution in [0.15, 0.2) is 0 Å². The summed E-state index contributed by atoms with van der Waals surface area (Å²) in [4.78, 5) is 34.3. The van der Waals surface area contributed by atoms with Gasteiger partial charge >= 0.3 is 18.0 Å². The first-order valence-electron chi connectivity index (χ1n) is 5.23. The van der Waals surface area contributed by atoms with Gasteiger partial charge in [-0.1, -0.05) is 6.92 Å². The van der Waals surface area contributed by atoms with Crippen LogP contribution in [0.25, 0.3) is 0 Å². The first-order chi connectivity index (χ1) is 7.92. The van der Waals surface area contributed by atoms with Gasteiger partial charge in [-0.25, -0.2) is 9.59 Å². The number of methoxy groups -OCH3 is 1. The quantitative estimate of drug-likeness (QED) is 0.646. The van der Waals surface area contributed by atoms with Crippen molar-refractivity contribution in [1.82, 2.24) is 10.2 Å². The molecule has 7 nitrogen and oxygen atoms in total. The molecular weight excluding hydrogens is 228 g/mol. The van der Waals surface area contributed by atoms with Gasteiger partial charge in [0.2, 0.25) is 0 Å². The molecule has 0 radical (unpaired) electrons. The molecular formula is C10H18N2O5. The lowest BCUT2D eigenvalue weighted by molar-refractivity contribution is -0.141. The Bertz CT molecular complexity index is 292. The zero-order valence-electron chi connectivity index (χ0n) is 10.2. The summed E-state index contributed by atoms with van der Waals surface area (Å²) in [7, 11) is 2.74. The van der Waals surface area contributed by atoms with Crippen molar-refractivity contribution in [3.8, 4) is 0 Å². The van der Waals surface area contributed by atoms with Crippen LogP contribution in [0.2, 0.25) is 0 Å². The van der Waals surface area contributed by atoms with Crippen molar-refractivity contribution in [2.24, 2.45) is 0 Å². The molecule has 0 aliphatic carbocycles. The number of hydrogen-bond acceptors (Lipinski definition) is 4. The van der Waals surface area contributed by atoms with Gasteiger partial charge < -0.3 is 20.1 Å². The number of carbonyl (C=O) groups excluding carboxylic acids is 2. The van der Waals surface area contributed by atoms with Crippen molar-refractivity contribution in [3.63, 3.8) is 0 Å². The van der Waals surface area contributed by atoms with E-state index in [2.05, 4.69) is 10.1 Å². The number of esters is 1. The van der Waals surface area contributed by atoms with E-state index in [1.54, 1.807) is 6.92 Å². The maximum atomic E-state index is 11.5. The molecule has 0 aliphatic heterocycles. The summed E-state index contributed by atoms with van der Waals surface area (Å²) in [5, 5.41) is 11.1. The van der Waals surface area contributed by atoms with Gasteiger partial charge in [-0.15, -0.1) is 0 Å². The lowest BCUT2D eigenvalue weighted by Crippen LogP contribution is -2.46. The maximum absolute atomic E-state index is 11.5. The van der Waals surface area contributed by atoms with Crippen LogP contribution in [0.3, 0.4) is 0 Å². The van der Waals surface area contributed by atoms with Crippen molar-refractivity contribution in [2.75, 3.05) is 20.7 Å². The Hall–Kier alpha value is -1.79. The minimum Gasteiger partial charge on any atom is -0.480 e. The first kappa shape index (κ1) is 15.2. The van der Waals surface area contributed by atoms with E-state index in [4.69, 9.17) is 5.11 Å². The topological polar surface area (TPSA) is 95.9 Å². The summed E-state index contributed by atoms with van der Waals surface area (Å²) >= 11 is 0. The summed E-state index contributed by atoms with van der Waals surface area (Å²) in [6.45, 7) is 1.84. The van der Waals surface area contributed by atoms with Crippen LogP contribution in [-0.2, 0) is 14.3 Å². The fourth-order valence-electron chi connectivity index (χ4n) is 1.06. The Morgan fingerprint density at radius 1 is 1.41 bits per heavy atom. The van der Waals surface area contributed by atoms with Crippen LogP contribution in [0.1, 0.15) is 19.8 Å². The molecule has 98 valence electrons. The molecule has 0 aromatic heterocycles. The van der Waals surface area contributed by atoms with Gasteiger partial charge in [-0.3, -0.25) is 4.79 Å². The zero-order valence-corrected chi connectivity index (χ0v) is 10.2. The molecule has 0 aliphatic rings. The van der Waals surface area contributed by atoms with Crippen LogP contribution >= 0.6 is 0 Å². The number of nitrogens with zero attached hydrogens (tertiary/aromatic N) is 1. The Labute approximate surface area is 99.7 Å². The van der Waals surface area contributed by atoms with Crippen LogP contribution in [0, 0.1) is 0 Å². The van der Waals surface area contributed by atoms with Crippen LogP contribution in [-0.4, -0.2) is 54.7 Å². The summed E-state index contributed by atoms with van der Waals surface area (Å²) in [5.74, 6) is -1.50. The molecule has 1 atom stereocenters. The molecule has 0 rings (SSSR count). The largest absolute Gasteiger partial charge is 0.480 e. The summed E-state index contributed by atoms with van der Waals surface area (Å²) in [6.07, 6.45) is 0.371. The molecule has 0 fully saturated rings. The van der Waals surface area contributed by atoms with Crippen molar-refractivity contribution in [2.45, 2.75) is 25.8 Å². The molecule has 0 aromatic carbocycles. The van der Waals surface area contributed by atoms with E-state index < -0.39 is 24.0 Å². The number of urea groups is 1. The maximum Gasteiger partial charge on any atom is 0.326 e. The molecule has 2 N–H and O–H groups in total. The molecule has 0 spiro atoms. The smallest absolute Gasteiger partial charge is 0.326 e. The van der Waals surface area contributed by atoms with Crippen LogP contribution in [0.5, 0.6) is 0 Å². The number of amides is 2. The van der Waals surface area contributed by atoms with E-state index in [1.165, 1.54) is 19.1 Å². The number of aliphatic carboxylic acids is 1. The van der Waals surface area contributed by atoms with Gasteiger partial charge in [0.25, 0.3) is 0 Å². The van der Waals surface area contributed by atoms with Gasteiger partial charge in [0.05, 0.1) is 13.5 Å². The third-order valence-electron chi connectivity index (χ3n) is 2.23. The second-order valence-electron chi connectivity index (χ2n) is 3.50. The zero-order chi connectivity index (χ0) is 13.4. The average Bonchev–Trinajstić information content (AvgIpc) is 2.31. The highest BCUT2D eigenvalue weighted by Crippen LogP contribution is 1.95. The lowest BCUT2D eigenvalue weighted by Gasteiger charge is -2.20. The van der Waals surface area contributed by atoms with E-state index in [0.29, 0.717) is 6.42 Å². The van der Waals surface area contributed by atoms with E-state index in [9.17, 15) is 14.4 Å². The minimum atomic E-state index is -1.08. The number of rotatable bonds is 6. The predicted molar refractivity (Wildman–Crippen MR) is 59.5 cm³/mol.